The van der Waals surface area contributed by atoms with Crippen LogP contribution in [0.5, 0.6) is 0 Å². The lowest BCUT2D eigenvalue weighted by molar-refractivity contribution is -0.384. The number of nitrogens with zero attached hydrogens (tertiary/aromatic N) is 4. The van der Waals surface area contributed by atoms with Gasteiger partial charge in [0.25, 0.3) is 11.2 Å². The fourth-order valence-electron chi connectivity index (χ4n) is 2.92. The number of nitro groups is 1. The Morgan fingerprint density at radius 2 is 1.93 bits per heavy atom. The maximum absolute atomic E-state index is 12.7. The van der Waals surface area contributed by atoms with Crippen molar-refractivity contribution >= 4 is 39.4 Å². The fraction of sp³-hybridized carbons (Fsp3) is 0.105. The van der Waals surface area contributed by atoms with Gasteiger partial charge in [0.2, 0.25) is 11.5 Å². The quantitative estimate of drug-likeness (QED) is 0.399. The number of hydrogen-bond donors (Lipinski definition) is 0. The molecule has 9 nitrogen and oxygen atoms in total. The number of furan rings is 1. The number of benzene rings is 2. The molecule has 0 fully saturated rings. The highest BCUT2D eigenvalue weighted by atomic mass is 16.6. The highest BCUT2D eigenvalue weighted by Gasteiger charge is 2.17. The van der Waals surface area contributed by atoms with Gasteiger partial charge in [0.1, 0.15) is 17.6 Å². The smallest absolute Gasteiger partial charge is 0.297 e. The molecule has 4 rings (SSSR count). The molecule has 2 aromatic heterocycles. The number of anilines is 1. The highest BCUT2D eigenvalue weighted by Crippen LogP contribution is 2.24. The van der Waals surface area contributed by atoms with Gasteiger partial charge in [0.05, 0.1) is 11.3 Å². The highest BCUT2D eigenvalue weighted by molar-refractivity contribution is 6.01. The van der Waals surface area contributed by atoms with Crippen molar-refractivity contribution in [2.45, 2.75) is 6.54 Å². The molecule has 0 atom stereocenters. The molecule has 0 aliphatic rings. The maximum Gasteiger partial charge on any atom is 0.297 e. The molecule has 28 heavy (non-hydrogen) atoms. The van der Waals surface area contributed by atoms with E-state index in [2.05, 4.69) is 4.98 Å². The summed E-state index contributed by atoms with van der Waals surface area (Å²) in [4.78, 5) is 41.1. The molecule has 0 bridgehead atoms. The Morgan fingerprint density at radius 1 is 1.21 bits per heavy atom. The Morgan fingerprint density at radius 3 is 2.64 bits per heavy atom. The first-order valence-electron chi connectivity index (χ1n) is 8.33. The van der Waals surface area contributed by atoms with Crippen molar-refractivity contribution in [2.75, 3.05) is 11.9 Å². The summed E-state index contributed by atoms with van der Waals surface area (Å²) in [6.07, 6.45) is 1.31. The Bertz CT molecular complexity index is 1270. The molecule has 0 unspecified atom stereocenters. The van der Waals surface area contributed by atoms with Crippen molar-refractivity contribution in [3.63, 3.8) is 0 Å². The van der Waals surface area contributed by atoms with E-state index in [4.69, 9.17) is 4.42 Å². The number of para-hydroxylation sites is 1. The molecule has 9 heteroatoms. The van der Waals surface area contributed by atoms with Crippen molar-refractivity contribution in [1.82, 2.24) is 9.55 Å². The number of aromatic nitrogens is 2. The predicted octanol–water partition coefficient (Wildman–Crippen LogP) is 2.71. The first-order chi connectivity index (χ1) is 13.5. The van der Waals surface area contributed by atoms with Crippen LogP contribution in [0.1, 0.15) is 0 Å². The van der Waals surface area contributed by atoms with E-state index in [1.807, 2.05) is 12.1 Å². The number of non-ortho nitro benzene ring substituents is 1. The van der Waals surface area contributed by atoms with Gasteiger partial charge in [-0.15, -0.1) is 0 Å². The second kappa shape index (κ2) is 6.62. The number of amides is 1. The van der Waals surface area contributed by atoms with Gasteiger partial charge in [-0.25, -0.2) is 4.98 Å². The first kappa shape index (κ1) is 17.4. The summed E-state index contributed by atoms with van der Waals surface area (Å²) in [5.41, 5.74) is 1.05. The average Bonchev–Trinajstić information content (AvgIpc) is 3.09. The second-order valence-corrected chi connectivity index (χ2v) is 6.18. The van der Waals surface area contributed by atoms with E-state index in [1.54, 1.807) is 12.1 Å². The maximum atomic E-state index is 12.7. The summed E-state index contributed by atoms with van der Waals surface area (Å²) >= 11 is 0. The first-order valence-corrected chi connectivity index (χ1v) is 8.33. The number of hydrogen-bond acceptors (Lipinski definition) is 6. The van der Waals surface area contributed by atoms with E-state index in [1.165, 1.54) is 47.1 Å². The van der Waals surface area contributed by atoms with Crippen LogP contribution in [0.15, 0.2) is 64.1 Å². The molecule has 140 valence electrons. The number of rotatable bonds is 4. The lowest BCUT2D eigenvalue weighted by Crippen LogP contribution is -2.33. The van der Waals surface area contributed by atoms with E-state index in [0.717, 1.165) is 5.39 Å². The summed E-state index contributed by atoms with van der Waals surface area (Å²) in [5, 5.41) is 11.5. The van der Waals surface area contributed by atoms with Crippen LogP contribution in [-0.4, -0.2) is 27.4 Å². The van der Waals surface area contributed by atoms with Gasteiger partial charge in [-0.05, 0) is 24.3 Å². The Hall–Kier alpha value is -4.01. The zero-order chi connectivity index (χ0) is 19.8. The van der Waals surface area contributed by atoms with Crippen LogP contribution >= 0.6 is 0 Å². The lowest BCUT2D eigenvalue weighted by Gasteiger charge is -2.17. The molecule has 4 aromatic rings. The summed E-state index contributed by atoms with van der Waals surface area (Å²) in [6.45, 7) is -0.244. The van der Waals surface area contributed by atoms with Gasteiger partial charge < -0.3 is 9.32 Å². The molecule has 2 heterocycles. The van der Waals surface area contributed by atoms with Gasteiger partial charge in [0, 0.05) is 30.3 Å². The molecule has 0 saturated heterocycles. The summed E-state index contributed by atoms with van der Waals surface area (Å²) in [7, 11) is 1.53. The van der Waals surface area contributed by atoms with E-state index in [0.29, 0.717) is 16.8 Å². The molecule has 2 aromatic carbocycles. The number of carbonyl (C=O) groups is 1. The zero-order valence-electron chi connectivity index (χ0n) is 14.7. The van der Waals surface area contributed by atoms with Gasteiger partial charge in [0.15, 0.2) is 0 Å². The van der Waals surface area contributed by atoms with Crippen molar-refractivity contribution in [1.29, 1.82) is 0 Å². The minimum atomic E-state index is -0.514. The zero-order valence-corrected chi connectivity index (χ0v) is 14.7. The van der Waals surface area contributed by atoms with Gasteiger partial charge in [-0.2, -0.15) is 0 Å². The van der Waals surface area contributed by atoms with Gasteiger partial charge >= 0.3 is 0 Å². The largest absolute Gasteiger partial charge is 0.448 e. The molecule has 0 spiro atoms. The molecular formula is C19H14N4O5. The third-order valence-corrected chi connectivity index (χ3v) is 4.48. The third-order valence-electron chi connectivity index (χ3n) is 4.48. The second-order valence-electron chi connectivity index (χ2n) is 6.18. The van der Waals surface area contributed by atoms with E-state index in [-0.39, 0.29) is 23.7 Å². The van der Waals surface area contributed by atoms with Crippen LogP contribution in [0.25, 0.3) is 22.1 Å². The van der Waals surface area contributed by atoms with Crippen molar-refractivity contribution in [3.05, 3.63) is 75.3 Å². The van der Waals surface area contributed by atoms with Crippen molar-refractivity contribution < 1.29 is 14.1 Å². The van der Waals surface area contributed by atoms with Crippen LogP contribution in [-0.2, 0) is 11.3 Å². The topological polar surface area (TPSA) is 111 Å². The number of likely N-dealkylation sites (N-methyl/N-ethyl adjacent to an activating group) is 1. The SMILES string of the molecule is CN(C(=O)Cn1cnc2c(oc3ccccc32)c1=O)c1ccc([N+](=O)[O-])cc1. The summed E-state index contributed by atoms with van der Waals surface area (Å²) in [6, 6.07) is 12.7. The van der Waals surface area contributed by atoms with Crippen LogP contribution in [0.3, 0.4) is 0 Å². The van der Waals surface area contributed by atoms with Gasteiger partial charge in [-0.3, -0.25) is 24.3 Å². The molecule has 0 saturated carbocycles. The summed E-state index contributed by atoms with van der Waals surface area (Å²) < 4.78 is 6.78. The molecule has 0 aliphatic carbocycles. The van der Waals surface area contributed by atoms with Crippen LogP contribution < -0.4 is 10.5 Å². The standard InChI is InChI=1S/C19H14N4O5/c1-21(12-6-8-13(9-7-12)23(26)27)16(24)10-22-11-20-17-14-4-2-3-5-15(14)28-18(17)19(22)25/h2-9,11H,10H2,1H3. The Kier molecular flexibility index (Phi) is 4.11. The van der Waals surface area contributed by atoms with Gasteiger partial charge in [-0.1, -0.05) is 12.1 Å². The lowest BCUT2D eigenvalue weighted by atomic mass is 10.2. The molecule has 0 aliphatic heterocycles. The molecule has 1 amide bonds. The molecule has 0 radical (unpaired) electrons. The van der Waals surface area contributed by atoms with E-state index >= 15 is 0 Å². The van der Waals surface area contributed by atoms with Crippen molar-refractivity contribution in [2.24, 2.45) is 0 Å². The fourth-order valence-corrected chi connectivity index (χ4v) is 2.92. The molecule has 0 N–H and O–H groups in total. The van der Waals surface area contributed by atoms with Crippen LogP contribution in [0, 0.1) is 10.1 Å². The number of nitro benzene ring substituents is 1. The average molecular weight is 378 g/mol. The minimum absolute atomic E-state index is 0.0691. The van der Waals surface area contributed by atoms with Crippen molar-refractivity contribution in [3.8, 4) is 0 Å². The van der Waals surface area contributed by atoms with Crippen LogP contribution in [0.2, 0.25) is 0 Å². The van der Waals surface area contributed by atoms with Crippen LogP contribution in [0.4, 0.5) is 11.4 Å². The Labute approximate surface area is 157 Å². The number of carbonyl (C=O) groups excluding carboxylic acids is 1. The summed E-state index contributed by atoms with van der Waals surface area (Å²) in [5.74, 6) is -0.381. The predicted molar refractivity (Wildman–Crippen MR) is 102 cm³/mol. The monoisotopic (exact) mass is 378 g/mol. The van der Waals surface area contributed by atoms with E-state index in [9.17, 15) is 19.7 Å². The molecular weight excluding hydrogens is 364 g/mol. The number of fused-ring (bicyclic) bond motifs is 3. The third kappa shape index (κ3) is 2.88. The minimum Gasteiger partial charge on any atom is -0.448 e. The Balaban J connectivity index is 1.62. The normalized spacial score (nSPS) is 11.0. The van der Waals surface area contributed by atoms with E-state index < -0.39 is 10.5 Å².